The van der Waals surface area contributed by atoms with E-state index >= 15 is 0 Å². The Morgan fingerprint density at radius 1 is 0.925 bits per heavy atom. The van der Waals surface area contributed by atoms with Gasteiger partial charge in [0, 0.05) is 44.0 Å². The summed E-state index contributed by atoms with van der Waals surface area (Å²) in [5.41, 5.74) is 2.51. The van der Waals surface area contributed by atoms with Crippen LogP contribution in [0.3, 0.4) is 0 Å². The molecule has 3 rings (SSSR count). The predicted octanol–water partition coefficient (Wildman–Crippen LogP) is 1.34. The number of ether oxygens (including phenoxy) is 4. The van der Waals surface area contributed by atoms with Gasteiger partial charge in [-0.2, -0.15) is 36.8 Å². The van der Waals surface area contributed by atoms with Gasteiger partial charge in [0.05, 0.1) is 5.56 Å². The van der Waals surface area contributed by atoms with Crippen LogP contribution in [0.4, 0.5) is 0 Å². The van der Waals surface area contributed by atoms with Crippen molar-refractivity contribution in [2.75, 3.05) is 28.4 Å². The van der Waals surface area contributed by atoms with Crippen LogP contribution in [0.2, 0.25) is 0 Å². The topological polar surface area (TPSA) is 91.3 Å². The first-order valence-corrected chi connectivity index (χ1v) is 12.5. The van der Waals surface area contributed by atoms with Crippen molar-refractivity contribution in [1.29, 1.82) is 0 Å². The number of unbranched alkanes of at least 4 members (excludes halogenated alkanes) is 1. The first-order valence-electron chi connectivity index (χ1n) is 11.7. The third kappa shape index (κ3) is 18.6. The third-order valence-electron chi connectivity index (χ3n) is 4.60. The molecular formula is C30H37BrLi2O7. The first-order chi connectivity index (χ1) is 18.3. The molecule has 7 nitrogen and oxygen atoms in total. The Balaban J connectivity index is -0.000000470. The number of methoxy groups -OCH3 is 4. The van der Waals surface area contributed by atoms with Crippen molar-refractivity contribution in [3.63, 3.8) is 0 Å². The molecule has 40 heavy (non-hydrogen) atoms. The number of carbonyl (C=O) groups excluding carboxylic acids is 1. The maximum absolute atomic E-state index is 10.4. The second-order valence-corrected chi connectivity index (χ2v) is 8.32. The summed E-state index contributed by atoms with van der Waals surface area (Å²) in [6, 6.07) is 24.2. The van der Waals surface area contributed by atoms with E-state index in [-0.39, 0.29) is 55.9 Å². The monoisotopic (exact) mass is 602 g/mol. The minimum Gasteiger partial charge on any atom is -0.478 e. The molecule has 10 heteroatoms. The molecule has 3 aromatic rings. The molecular weight excluding hydrogens is 566 g/mol. The van der Waals surface area contributed by atoms with Gasteiger partial charge in [-0.25, -0.2) is 4.79 Å². The van der Waals surface area contributed by atoms with E-state index in [9.17, 15) is 9.59 Å². The van der Waals surface area contributed by atoms with E-state index in [1.807, 2.05) is 48.5 Å². The van der Waals surface area contributed by atoms with Crippen LogP contribution in [-0.4, -0.2) is 45.8 Å². The number of rotatable bonds is 9. The van der Waals surface area contributed by atoms with Gasteiger partial charge in [-0.05, 0) is 24.3 Å². The quantitative estimate of drug-likeness (QED) is 0.171. The van der Waals surface area contributed by atoms with E-state index in [1.54, 1.807) is 34.5 Å². The first kappa shape index (κ1) is 42.8. The van der Waals surface area contributed by atoms with Gasteiger partial charge in [0.2, 0.25) is 0 Å². The fourth-order valence-corrected chi connectivity index (χ4v) is 3.11. The molecule has 0 bridgehead atoms. The number of benzene rings is 3. The molecule has 208 valence electrons. The Morgan fingerprint density at radius 3 is 1.88 bits per heavy atom. The van der Waals surface area contributed by atoms with Gasteiger partial charge in [-0.3, -0.25) is 4.79 Å². The molecule has 0 saturated carbocycles. The molecule has 0 radical (unpaired) electrons. The van der Waals surface area contributed by atoms with E-state index in [1.165, 1.54) is 24.6 Å². The molecule has 0 aliphatic heterocycles. The van der Waals surface area contributed by atoms with Gasteiger partial charge in [-0.1, -0.05) is 53.5 Å². The third-order valence-corrected chi connectivity index (χ3v) is 5.10. The summed E-state index contributed by atoms with van der Waals surface area (Å²) in [6.07, 6.45) is 2.35. The number of hydrogen-bond acceptors (Lipinski definition) is 6. The minimum absolute atomic E-state index is 0. The van der Waals surface area contributed by atoms with Gasteiger partial charge >= 0.3 is 43.7 Å². The van der Waals surface area contributed by atoms with E-state index in [4.69, 9.17) is 24.1 Å². The summed E-state index contributed by atoms with van der Waals surface area (Å²) in [5, 5.41) is 8.49. The number of hydrogen-bond donors (Lipinski definition) is 1. The van der Waals surface area contributed by atoms with Crippen molar-refractivity contribution >= 4 is 28.2 Å². The normalized spacial score (nSPS) is 9.32. The summed E-state index contributed by atoms with van der Waals surface area (Å²) in [4.78, 5) is 20.5. The van der Waals surface area contributed by atoms with Gasteiger partial charge in [0.25, 0.3) is 0 Å². The SMILES string of the molecule is COC(OC)c1c[c-]ccc1.COC(OC)c1cccc(Br)c1.O=Cc1cccc(C(=O)O)c1.[CH2-]CCC.[Li+].[Li+]. The summed E-state index contributed by atoms with van der Waals surface area (Å²) >= 11 is 3.38. The fourth-order valence-electron chi connectivity index (χ4n) is 2.69. The second kappa shape index (κ2) is 27.5. The summed E-state index contributed by atoms with van der Waals surface area (Å²) in [6.45, 7) is 5.72. The standard InChI is InChI=1S/C9H11BrO2.C9H11O2.C8H6O3.C4H9.2Li/c1-11-9(12-2)7-4-3-5-8(10)6-7;1-10-9(11-2)8-6-4-3-5-7-8;9-5-6-2-1-3-7(4-6)8(10)11;1-3-4-2;;/h3-6,9H,1-2H3;3-4,6-7,9H,1-2H3;1-5H,(H,10,11);1,3-4H2,2H3;;/q;-1;;-1;2*+1. The Bertz CT molecular complexity index is 1030. The minimum atomic E-state index is -1.02. The molecule has 0 aliphatic rings. The molecule has 0 unspecified atom stereocenters. The Labute approximate surface area is 271 Å². The number of aromatic carboxylic acids is 1. The van der Waals surface area contributed by atoms with E-state index in [0.29, 0.717) is 11.8 Å². The summed E-state index contributed by atoms with van der Waals surface area (Å²) in [7, 11) is 6.46. The van der Waals surface area contributed by atoms with Crippen LogP contribution in [0.25, 0.3) is 0 Å². The van der Waals surface area contributed by atoms with Crippen molar-refractivity contribution in [3.8, 4) is 0 Å². The van der Waals surface area contributed by atoms with Crippen LogP contribution in [0, 0.1) is 13.0 Å². The molecule has 0 aromatic heterocycles. The van der Waals surface area contributed by atoms with Gasteiger partial charge in [-0.15, -0.1) is 5.56 Å². The molecule has 0 saturated heterocycles. The molecule has 1 N–H and O–H groups in total. The molecule has 3 aromatic carbocycles. The zero-order valence-electron chi connectivity index (χ0n) is 24.6. The second-order valence-electron chi connectivity index (χ2n) is 7.40. The van der Waals surface area contributed by atoms with Gasteiger partial charge in [0.1, 0.15) is 12.6 Å². The van der Waals surface area contributed by atoms with Crippen LogP contribution in [0.1, 0.15) is 64.2 Å². The summed E-state index contributed by atoms with van der Waals surface area (Å²) < 4.78 is 21.3. The van der Waals surface area contributed by atoms with Gasteiger partial charge in [0.15, 0.2) is 6.29 Å². The van der Waals surface area contributed by atoms with Crippen molar-refractivity contribution in [2.24, 2.45) is 0 Å². The fraction of sp³-hybridized carbons (Fsp3) is 0.300. The maximum Gasteiger partial charge on any atom is 1.00 e. The van der Waals surface area contributed by atoms with E-state index in [0.717, 1.165) is 22.0 Å². The van der Waals surface area contributed by atoms with Crippen molar-refractivity contribution in [1.82, 2.24) is 0 Å². The molecule has 0 atom stereocenters. The maximum atomic E-state index is 10.4. The van der Waals surface area contributed by atoms with Crippen molar-refractivity contribution in [2.45, 2.75) is 32.3 Å². The number of halogens is 1. The van der Waals surface area contributed by atoms with Crippen LogP contribution >= 0.6 is 15.9 Å². The number of aldehydes is 1. The Hall–Kier alpha value is -1.69. The van der Waals surface area contributed by atoms with Crippen LogP contribution in [-0.2, 0) is 18.9 Å². The Morgan fingerprint density at radius 2 is 1.45 bits per heavy atom. The van der Waals surface area contributed by atoms with E-state index < -0.39 is 5.97 Å². The summed E-state index contributed by atoms with van der Waals surface area (Å²) in [5.74, 6) is -1.02. The van der Waals surface area contributed by atoms with Crippen LogP contribution < -0.4 is 37.7 Å². The number of carboxylic acids is 1. The zero-order chi connectivity index (χ0) is 28.8. The van der Waals surface area contributed by atoms with E-state index in [2.05, 4.69) is 35.8 Å². The van der Waals surface area contributed by atoms with Crippen LogP contribution in [0.15, 0.2) is 77.3 Å². The van der Waals surface area contributed by atoms with Gasteiger partial charge < -0.3 is 31.0 Å². The number of carbonyl (C=O) groups is 2. The zero-order valence-corrected chi connectivity index (χ0v) is 26.1. The predicted molar refractivity (Wildman–Crippen MR) is 152 cm³/mol. The molecule has 0 spiro atoms. The molecule has 0 heterocycles. The Kier molecular flexibility index (Phi) is 29.4. The van der Waals surface area contributed by atoms with Crippen LogP contribution in [0.5, 0.6) is 0 Å². The van der Waals surface area contributed by atoms with Crippen molar-refractivity contribution in [3.05, 3.63) is 113 Å². The largest absolute Gasteiger partial charge is 1.00 e. The molecule has 0 fully saturated rings. The number of carboxylic acid groups (broad SMARTS) is 1. The molecule has 0 aliphatic carbocycles. The average molecular weight is 603 g/mol. The average Bonchev–Trinajstić information content (AvgIpc) is 2.96. The molecule has 0 amide bonds. The smallest absolute Gasteiger partial charge is 0.478 e. The van der Waals surface area contributed by atoms with Crippen molar-refractivity contribution < 1.29 is 71.4 Å².